The van der Waals surface area contributed by atoms with E-state index in [9.17, 15) is 4.79 Å². The van der Waals surface area contributed by atoms with Crippen molar-refractivity contribution in [2.75, 3.05) is 25.1 Å². The molecule has 2 aromatic rings. The van der Waals surface area contributed by atoms with Gasteiger partial charge in [0, 0.05) is 47.9 Å². The van der Waals surface area contributed by atoms with Crippen molar-refractivity contribution in [3.63, 3.8) is 0 Å². The van der Waals surface area contributed by atoms with Crippen molar-refractivity contribution in [3.05, 3.63) is 65.5 Å². The van der Waals surface area contributed by atoms with Gasteiger partial charge in [0.05, 0.1) is 6.54 Å². The molecule has 0 radical (unpaired) electrons. The Bertz CT molecular complexity index is 993. The second-order valence-corrected chi connectivity index (χ2v) is 7.61. The third-order valence-electron chi connectivity index (χ3n) is 4.60. The van der Waals surface area contributed by atoms with Crippen LogP contribution < -0.4 is 16.4 Å². The fraction of sp³-hybridized carbons (Fsp3) is 0.333. The van der Waals surface area contributed by atoms with Crippen LogP contribution in [0.15, 0.2) is 54.3 Å². The Morgan fingerprint density at radius 3 is 2.94 bits per heavy atom. The maximum absolute atomic E-state index is 12.4. The van der Waals surface area contributed by atoms with Gasteiger partial charge in [0.15, 0.2) is 0 Å². The number of ether oxygens (including phenoxy) is 1. The lowest BCUT2D eigenvalue weighted by Crippen LogP contribution is -2.28. The summed E-state index contributed by atoms with van der Waals surface area (Å²) in [5.41, 5.74) is 7.45. The maximum Gasteiger partial charge on any atom is 0.271 e. The number of rotatable bonds is 8. The predicted octanol–water partition coefficient (Wildman–Crippen LogP) is 2.44. The number of halogens is 1. The molecule has 1 aliphatic heterocycles. The van der Waals surface area contributed by atoms with E-state index in [4.69, 9.17) is 22.1 Å². The number of carbonyl (C=O) groups is 1. The first-order valence-corrected chi connectivity index (χ1v) is 10.3. The highest BCUT2D eigenvalue weighted by Crippen LogP contribution is 2.16. The van der Waals surface area contributed by atoms with E-state index < -0.39 is 0 Å². The minimum absolute atomic E-state index is 0.177. The van der Waals surface area contributed by atoms with Crippen LogP contribution in [0.4, 0.5) is 5.95 Å². The number of hydrogen-bond acceptors (Lipinski definition) is 7. The molecule has 10 heteroatoms. The summed E-state index contributed by atoms with van der Waals surface area (Å²) in [6.45, 7) is 7.09. The number of anilines is 1. The second kappa shape index (κ2) is 10.7. The first kappa shape index (κ1) is 22.5. The number of imidazole rings is 1. The Balaban J connectivity index is 1.64. The van der Waals surface area contributed by atoms with Gasteiger partial charge in [-0.2, -0.15) is 4.98 Å². The lowest BCUT2D eigenvalue weighted by atomic mass is 10.1. The van der Waals surface area contributed by atoms with Crippen LogP contribution in [-0.2, 0) is 4.74 Å². The number of nitrogens with two attached hydrogens (primary N) is 1. The number of carbonyl (C=O) groups excluding carboxylic acids is 1. The minimum Gasteiger partial charge on any atom is -0.401 e. The van der Waals surface area contributed by atoms with Crippen LogP contribution in [0.3, 0.4) is 0 Å². The van der Waals surface area contributed by atoms with E-state index in [1.807, 2.05) is 6.92 Å². The fourth-order valence-electron chi connectivity index (χ4n) is 2.95. The van der Waals surface area contributed by atoms with Crippen molar-refractivity contribution in [2.24, 2.45) is 5.73 Å². The second-order valence-electron chi connectivity index (χ2n) is 7.13. The Morgan fingerprint density at radius 2 is 2.19 bits per heavy atom. The SMILES string of the molecule is C=C(Cl)/C=C\C=C(/N)CNC(=O)c1cn(-c2nc(NC3CCOCC3)ncc2C)cn1. The molecule has 3 heterocycles. The van der Waals surface area contributed by atoms with Crippen molar-refractivity contribution in [3.8, 4) is 5.82 Å². The summed E-state index contributed by atoms with van der Waals surface area (Å²) < 4.78 is 7.09. The summed E-state index contributed by atoms with van der Waals surface area (Å²) in [4.78, 5) is 25.6. The molecule has 4 N–H and O–H groups in total. The smallest absolute Gasteiger partial charge is 0.271 e. The van der Waals surface area contributed by atoms with E-state index in [1.54, 1.807) is 41.5 Å². The lowest BCUT2D eigenvalue weighted by molar-refractivity contribution is 0.0903. The molecule has 2 aromatic heterocycles. The summed E-state index contributed by atoms with van der Waals surface area (Å²) >= 11 is 5.64. The van der Waals surface area contributed by atoms with Crippen LogP contribution >= 0.6 is 11.6 Å². The lowest BCUT2D eigenvalue weighted by Gasteiger charge is -2.23. The van der Waals surface area contributed by atoms with Gasteiger partial charge in [-0.3, -0.25) is 9.36 Å². The molecule has 1 amide bonds. The molecule has 9 nitrogen and oxygen atoms in total. The number of nitrogens with zero attached hydrogens (tertiary/aromatic N) is 4. The molecule has 3 rings (SSSR count). The van der Waals surface area contributed by atoms with Gasteiger partial charge in [-0.1, -0.05) is 24.3 Å². The van der Waals surface area contributed by atoms with Gasteiger partial charge < -0.3 is 21.1 Å². The van der Waals surface area contributed by atoms with Crippen LogP contribution in [0.1, 0.15) is 28.9 Å². The highest BCUT2D eigenvalue weighted by molar-refractivity contribution is 6.30. The zero-order chi connectivity index (χ0) is 22.2. The molecule has 164 valence electrons. The van der Waals surface area contributed by atoms with Crippen LogP contribution in [0.25, 0.3) is 5.82 Å². The summed E-state index contributed by atoms with van der Waals surface area (Å²) in [5, 5.41) is 6.47. The highest BCUT2D eigenvalue weighted by atomic mass is 35.5. The van der Waals surface area contributed by atoms with Crippen LogP contribution in [0.2, 0.25) is 0 Å². The van der Waals surface area contributed by atoms with Gasteiger partial charge in [-0.25, -0.2) is 9.97 Å². The Morgan fingerprint density at radius 1 is 1.42 bits per heavy atom. The molecule has 1 saturated heterocycles. The van der Waals surface area contributed by atoms with E-state index in [0.29, 0.717) is 22.5 Å². The fourth-order valence-corrected chi connectivity index (χ4v) is 3.03. The quantitative estimate of drug-likeness (QED) is 0.536. The van der Waals surface area contributed by atoms with Crippen molar-refractivity contribution >= 4 is 23.5 Å². The van der Waals surface area contributed by atoms with Gasteiger partial charge in [0.25, 0.3) is 5.91 Å². The zero-order valence-corrected chi connectivity index (χ0v) is 18.1. The molecule has 0 unspecified atom stereocenters. The van der Waals surface area contributed by atoms with Crippen LogP contribution in [0.5, 0.6) is 0 Å². The molecule has 1 fully saturated rings. The monoisotopic (exact) mass is 443 g/mol. The molecule has 0 aliphatic carbocycles. The third-order valence-corrected chi connectivity index (χ3v) is 4.73. The zero-order valence-electron chi connectivity index (χ0n) is 17.3. The van der Waals surface area contributed by atoms with E-state index in [2.05, 4.69) is 32.2 Å². The van der Waals surface area contributed by atoms with Crippen molar-refractivity contribution in [2.45, 2.75) is 25.8 Å². The van der Waals surface area contributed by atoms with E-state index in [-0.39, 0.29) is 24.2 Å². The van der Waals surface area contributed by atoms with Crippen molar-refractivity contribution in [1.82, 2.24) is 24.8 Å². The van der Waals surface area contributed by atoms with Crippen molar-refractivity contribution < 1.29 is 9.53 Å². The Hall–Kier alpha value is -3.17. The summed E-state index contributed by atoms with van der Waals surface area (Å²) in [7, 11) is 0. The van der Waals surface area contributed by atoms with E-state index in [1.165, 1.54) is 0 Å². The molecular formula is C21H26ClN7O2. The highest BCUT2D eigenvalue weighted by Gasteiger charge is 2.16. The van der Waals surface area contributed by atoms with Gasteiger partial charge >= 0.3 is 0 Å². The minimum atomic E-state index is -0.340. The summed E-state index contributed by atoms with van der Waals surface area (Å²) in [5.74, 6) is 0.854. The van der Waals surface area contributed by atoms with Gasteiger partial charge in [0.2, 0.25) is 5.95 Å². The molecule has 0 aromatic carbocycles. The van der Waals surface area contributed by atoms with E-state index in [0.717, 1.165) is 31.6 Å². The summed E-state index contributed by atoms with van der Waals surface area (Å²) in [6, 6.07) is 0.282. The van der Waals surface area contributed by atoms with E-state index >= 15 is 0 Å². The number of nitrogens with one attached hydrogen (secondary N) is 2. The third kappa shape index (κ3) is 6.66. The van der Waals surface area contributed by atoms with Gasteiger partial charge in [-0.05, 0) is 31.9 Å². The molecule has 0 spiro atoms. The molecular weight excluding hydrogens is 418 g/mol. The average molecular weight is 444 g/mol. The number of amides is 1. The Kier molecular flexibility index (Phi) is 7.80. The number of hydrogen-bond donors (Lipinski definition) is 3. The molecule has 31 heavy (non-hydrogen) atoms. The van der Waals surface area contributed by atoms with Crippen molar-refractivity contribution in [1.29, 1.82) is 0 Å². The number of aromatic nitrogens is 4. The Labute approximate surface area is 186 Å². The first-order valence-electron chi connectivity index (χ1n) is 9.90. The standard InChI is InChI=1S/C21H26ClN7O2/c1-14-10-25-21(27-17-6-8-31-9-7-17)28-19(14)29-12-18(26-13-29)20(30)24-11-16(23)5-3-4-15(2)22/h3-5,10,12-13,17H,2,6-9,11,23H2,1H3,(H,24,30)(H,25,27,28)/b4-3-,16-5-. The van der Waals surface area contributed by atoms with Gasteiger partial charge in [0.1, 0.15) is 17.8 Å². The first-order chi connectivity index (χ1) is 14.9. The molecule has 0 atom stereocenters. The molecule has 0 bridgehead atoms. The number of aryl methyl sites for hydroxylation is 1. The maximum atomic E-state index is 12.4. The predicted molar refractivity (Wildman–Crippen MR) is 120 cm³/mol. The van der Waals surface area contributed by atoms with Gasteiger partial charge in [-0.15, -0.1) is 0 Å². The largest absolute Gasteiger partial charge is 0.401 e. The van der Waals surface area contributed by atoms with Crippen LogP contribution in [0, 0.1) is 6.92 Å². The topological polar surface area (TPSA) is 120 Å². The molecule has 0 saturated carbocycles. The summed E-state index contributed by atoms with van der Waals surface area (Å²) in [6.07, 6.45) is 11.7. The molecule has 1 aliphatic rings. The average Bonchev–Trinajstić information content (AvgIpc) is 3.24. The normalized spacial score (nSPS) is 15.2. The van der Waals surface area contributed by atoms with Crippen LogP contribution in [-0.4, -0.2) is 51.2 Å². The number of allylic oxidation sites excluding steroid dienone is 4.